The lowest BCUT2D eigenvalue weighted by Crippen LogP contribution is -2.57. The van der Waals surface area contributed by atoms with Crippen molar-refractivity contribution in [1.29, 1.82) is 0 Å². The molecule has 1 aromatic carbocycles. The average Bonchev–Trinajstić information content (AvgIpc) is 3.11. The fraction of sp³-hybridized carbons (Fsp3) is 0.719. The number of hydrogen-bond donors (Lipinski definition) is 8. The summed E-state index contributed by atoms with van der Waals surface area (Å²) in [7, 11) is 0. The predicted octanol–water partition coefficient (Wildman–Crippen LogP) is -4.40. The Hall–Kier alpha value is -2.89. The largest absolute Gasteiger partial charge is 0.460 e. The summed E-state index contributed by atoms with van der Waals surface area (Å²) in [6.07, 6.45) is -11.1. The highest BCUT2D eigenvalue weighted by molar-refractivity contribution is 5.82. The molecule has 290 valence electrons. The number of carbonyl (C=O) groups is 3. The van der Waals surface area contributed by atoms with Crippen molar-refractivity contribution in [2.45, 2.75) is 68.8 Å². The second-order valence-corrected chi connectivity index (χ2v) is 11.9. The van der Waals surface area contributed by atoms with E-state index in [2.05, 4.69) is 10.6 Å². The van der Waals surface area contributed by atoms with E-state index < -0.39 is 73.1 Å². The first-order valence-corrected chi connectivity index (χ1v) is 16.7. The molecule has 0 radical (unpaired) electrons. The number of aliphatic hydroxyl groups excluding tert-OH is 6. The van der Waals surface area contributed by atoms with Crippen LogP contribution in [0.5, 0.6) is 0 Å². The molecule has 9 atom stereocenters. The Kier molecular flexibility index (Phi) is 19.1. The molecule has 19 heteroatoms. The highest BCUT2D eigenvalue weighted by atomic mass is 16.7. The first kappa shape index (κ1) is 42.5. The lowest BCUT2D eigenvalue weighted by atomic mass is 10.0. The van der Waals surface area contributed by atoms with Gasteiger partial charge in [0.15, 0.2) is 12.6 Å². The van der Waals surface area contributed by atoms with Gasteiger partial charge in [0.1, 0.15) is 43.2 Å². The van der Waals surface area contributed by atoms with E-state index >= 15 is 0 Å². The lowest BCUT2D eigenvalue weighted by Gasteiger charge is -2.38. The second-order valence-electron chi connectivity index (χ2n) is 11.9. The number of aliphatic hydroxyl groups is 6. The number of rotatable bonds is 22. The SMILES string of the molecule is C[C@@H]1O[C@@H](OCCOCCNC(=O)CN(CC(=O)NCCOCCO[C@@H]2OC[C@H](O)[C@@H](O)[C@H]2O)CC(=O)OCc2ccccc2)[C@H](O)[C@H](O)[C@H]1O. The van der Waals surface area contributed by atoms with Crippen LogP contribution in [0.3, 0.4) is 0 Å². The smallest absolute Gasteiger partial charge is 0.320 e. The summed E-state index contributed by atoms with van der Waals surface area (Å²) in [5, 5.41) is 64.0. The third-order valence-electron chi connectivity index (χ3n) is 7.75. The van der Waals surface area contributed by atoms with Crippen molar-refractivity contribution in [3.8, 4) is 0 Å². The summed E-state index contributed by atoms with van der Waals surface area (Å²) in [4.78, 5) is 39.2. The third kappa shape index (κ3) is 15.3. The van der Waals surface area contributed by atoms with E-state index in [1.54, 1.807) is 24.3 Å². The zero-order chi connectivity index (χ0) is 37.2. The van der Waals surface area contributed by atoms with Crippen LogP contribution in [0.4, 0.5) is 0 Å². The van der Waals surface area contributed by atoms with Gasteiger partial charge in [0, 0.05) is 13.1 Å². The molecule has 2 amide bonds. The molecule has 0 spiro atoms. The molecule has 2 fully saturated rings. The van der Waals surface area contributed by atoms with E-state index in [1.807, 2.05) is 6.07 Å². The van der Waals surface area contributed by atoms with E-state index in [1.165, 1.54) is 11.8 Å². The fourth-order valence-corrected chi connectivity index (χ4v) is 4.90. The number of amides is 2. The first-order chi connectivity index (χ1) is 24.5. The quantitative estimate of drug-likeness (QED) is 0.0413. The third-order valence-corrected chi connectivity index (χ3v) is 7.75. The Morgan fingerprint density at radius 1 is 0.725 bits per heavy atom. The molecule has 2 heterocycles. The molecule has 8 N–H and O–H groups in total. The number of nitrogens with one attached hydrogen (secondary N) is 2. The van der Waals surface area contributed by atoms with Gasteiger partial charge in [-0.3, -0.25) is 19.3 Å². The highest BCUT2D eigenvalue weighted by Crippen LogP contribution is 2.21. The monoisotopic (exact) mass is 733 g/mol. The predicted molar refractivity (Wildman–Crippen MR) is 172 cm³/mol. The van der Waals surface area contributed by atoms with E-state index in [-0.39, 0.29) is 85.6 Å². The second kappa shape index (κ2) is 22.9. The van der Waals surface area contributed by atoms with Crippen LogP contribution in [0.15, 0.2) is 30.3 Å². The van der Waals surface area contributed by atoms with Crippen LogP contribution in [-0.2, 0) is 54.1 Å². The fourth-order valence-electron chi connectivity index (χ4n) is 4.90. The highest BCUT2D eigenvalue weighted by Gasteiger charge is 2.42. The van der Waals surface area contributed by atoms with Crippen LogP contribution < -0.4 is 10.6 Å². The number of benzene rings is 1. The summed E-state index contributed by atoms with van der Waals surface area (Å²) >= 11 is 0. The normalized spacial score (nSPS) is 28.0. The van der Waals surface area contributed by atoms with Crippen molar-refractivity contribution in [1.82, 2.24) is 15.5 Å². The van der Waals surface area contributed by atoms with Gasteiger partial charge in [-0.2, -0.15) is 0 Å². The van der Waals surface area contributed by atoms with Crippen LogP contribution in [0.2, 0.25) is 0 Å². The Morgan fingerprint density at radius 3 is 1.90 bits per heavy atom. The van der Waals surface area contributed by atoms with Crippen LogP contribution >= 0.6 is 0 Å². The van der Waals surface area contributed by atoms with Crippen LogP contribution in [0.1, 0.15) is 12.5 Å². The van der Waals surface area contributed by atoms with Crippen LogP contribution in [-0.4, -0.2) is 188 Å². The number of carbonyl (C=O) groups excluding carboxylic acids is 3. The summed E-state index contributed by atoms with van der Waals surface area (Å²) in [5.41, 5.74) is 0.774. The van der Waals surface area contributed by atoms with Crippen LogP contribution in [0.25, 0.3) is 0 Å². The van der Waals surface area contributed by atoms with Crippen molar-refractivity contribution in [2.24, 2.45) is 0 Å². The molecular weight excluding hydrogens is 682 g/mol. The Labute approximate surface area is 295 Å². The minimum Gasteiger partial charge on any atom is -0.460 e. The minimum atomic E-state index is -1.43. The maximum Gasteiger partial charge on any atom is 0.320 e. The molecule has 2 saturated heterocycles. The summed E-state index contributed by atoms with van der Waals surface area (Å²) < 4.78 is 37.3. The standard InChI is InChI=1S/C32H51N3O16/c1-20-26(40)28(42)30(44)32(51-20)48-14-12-46-10-8-34-24(38)16-35(17-25(39)49-18-21-5-3-2-4-6-21)15-23(37)33-7-9-45-11-13-47-31-29(43)27(41)22(36)19-50-31/h2-6,20,22,26-32,36,40-44H,7-19H2,1H3,(H,33,37)(H,34,38)/t20-,22-,26-,27+,28+,29+,30+,31+,32+/m0/s1. The molecule has 19 nitrogen and oxygen atoms in total. The molecule has 1 aromatic rings. The van der Waals surface area contributed by atoms with Crippen molar-refractivity contribution in [2.75, 3.05) is 79.0 Å². The van der Waals surface area contributed by atoms with Gasteiger partial charge in [-0.1, -0.05) is 30.3 Å². The molecule has 2 aliphatic heterocycles. The van der Waals surface area contributed by atoms with E-state index in [0.29, 0.717) is 0 Å². The van der Waals surface area contributed by atoms with E-state index in [0.717, 1.165) is 5.56 Å². The molecule has 0 aliphatic carbocycles. The van der Waals surface area contributed by atoms with Gasteiger partial charge in [-0.05, 0) is 12.5 Å². The molecule has 0 unspecified atom stereocenters. The molecule has 51 heavy (non-hydrogen) atoms. The minimum absolute atomic E-state index is 0.00828. The molecule has 3 rings (SSSR count). The molecule has 0 saturated carbocycles. The lowest BCUT2D eigenvalue weighted by molar-refractivity contribution is -0.294. The summed E-state index contributed by atoms with van der Waals surface area (Å²) in [6.45, 7) is 1.06. The Bertz CT molecular complexity index is 1170. The van der Waals surface area contributed by atoms with Crippen molar-refractivity contribution in [3.63, 3.8) is 0 Å². The maximum absolute atomic E-state index is 12.7. The number of nitrogens with zero attached hydrogens (tertiary/aromatic N) is 1. The van der Waals surface area contributed by atoms with Gasteiger partial charge in [-0.15, -0.1) is 0 Å². The number of esters is 1. The molecule has 0 aromatic heterocycles. The average molecular weight is 734 g/mol. The van der Waals surface area contributed by atoms with Crippen molar-refractivity contribution >= 4 is 17.8 Å². The Balaban J connectivity index is 1.33. The van der Waals surface area contributed by atoms with Gasteiger partial charge < -0.3 is 74.4 Å². The first-order valence-electron chi connectivity index (χ1n) is 16.7. The maximum atomic E-state index is 12.7. The van der Waals surface area contributed by atoms with Crippen molar-refractivity contribution in [3.05, 3.63) is 35.9 Å². The zero-order valence-electron chi connectivity index (χ0n) is 28.5. The van der Waals surface area contributed by atoms with Crippen molar-refractivity contribution < 1.29 is 78.2 Å². The zero-order valence-corrected chi connectivity index (χ0v) is 28.5. The number of ether oxygens (including phenoxy) is 7. The Morgan fingerprint density at radius 2 is 1.29 bits per heavy atom. The van der Waals surface area contributed by atoms with Crippen LogP contribution in [0, 0.1) is 0 Å². The van der Waals surface area contributed by atoms with Gasteiger partial charge in [0.2, 0.25) is 11.8 Å². The molecular formula is C32H51N3O16. The topological polar surface area (TPSA) is 264 Å². The van der Waals surface area contributed by atoms with E-state index in [9.17, 15) is 45.0 Å². The van der Waals surface area contributed by atoms with Gasteiger partial charge in [0.05, 0.1) is 72.0 Å². The summed E-state index contributed by atoms with van der Waals surface area (Å²) in [6, 6.07) is 9.02. The summed E-state index contributed by atoms with van der Waals surface area (Å²) in [5.74, 6) is -1.59. The van der Waals surface area contributed by atoms with Gasteiger partial charge >= 0.3 is 5.97 Å². The molecule has 0 bridgehead atoms. The number of hydrogen-bond acceptors (Lipinski definition) is 17. The van der Waals surface area contributed by atoms with Gasteiger partial charge in [0.25, 0.3) is 0 Å². The molecule has 2 aliphatic rings. The van der Waals surface area contributed by atoms with E-state index in [4.69, 9.17) is 33.2 Å². The van der Waals surface area contributed by atoms with Gasteiger partial charge in [-0.25, -0.2) is 0 Å².